The summed E-state index contributed by atoms with van der Waals surface area (Å²) in [5.41, 5.74) is 2.67. The van der Waals surface area contributed by atoms with Crippen LogP contribution in [0.5, 0.6) is 0 Å². The molecule has 1 aliphatic rings. The second-order valence-electron chi connectivity index (χ2n) is 9.79. The van der Waals surface area contributed by atoms with Gasteiger partial charge in [0, 0.05) is 0 Å². The maximum Gasteiger partial charge on any atom is 0.0629 e. The minimum Gasteiger partial charge on any atom is -0.0622 e. The zero-order valence-corrected chi connectivity index (χ0v) is 20.7. The number of benzene rings is 6. The van der Waals surface area contributed by atoms with Gasteiger partial charge < -0.3 is 0 Å². The SMILES string of the molecule is [2H]c1c([2H])c([2H])c(-c2c3c([2H])c([2H])c([2H])c([2H])c3c(-c3cc(-c4ccccc4)cc(C4CCCCC4)c3)c3c([2H])c([2H])c([2H])c([2H])c23)c([2H])c1[2H]. The highest BCUT2D eigenvalue weighted by molar-refractivity contribution is 6.21. The number of rotatable bonds is 4. The molecule has 0 atom stereocenters. The van der Waals surface area contributed by atoms with Crippen molar-refractivity contribution in [2.24, 2.45) is 0 Å². The Hall–Kier alpha value is -4.16. The van der Waals surface area contributed by atoms with Crippen LogP contribution in [0, 0.1) is 0 Å². The molecule has 6 aromatic rings. The van der Waals surface area contributed by atoms with Gasteiger partial charge >= 0.3 is 0 Å². The maximum atomic E-state index is 9.28. The Morgan fingerprint density at radius 3 is 1.61 bits per heavy atom. The molecule has 0 unspecified atom stereocenters. The van der Waals surface area contributed by atoms with Crippen molar-refractivity contribution in [1.82, 2.24) is 0 Å². The summed E-state index contributed by atoms with van der Waals surface area (Å²) in [7, 11) is 0. The van der Waals surface area contributed by atoms with Crippen molar-refractivity contribution in [3.63, 3.8) is 0 Å². The normalized spacial score (nSPS) is 19.0. The van der Waals surface area contributed by atoms with Crippen molar-refractivity contribution in [1.29, 1.82) is 0 Å². The van der Waals surface area contributed by atoms with E-state index < -0.39 is 84.1 Å². The highest BCUT2D eigenvalue weighted by Gasteiger charge is 2.20. The largest absolute Gasteiger partial charge is 0.0629 e. The van der Waals surface area contributed by atoms with Crippen LogP contribution in [-0.4, -0.2) is 0 Å². The Labute approximate surface area is 243 Å². The summed E-state index contributed by atoms with van der Waals surface area (Å²) in [6, 6.07) is 7.70. The molecule has 1 aliphatic carbocycles. The second-order valence-corrected chi connectivity index (χ2v) is 9.79. The molecule has 0 amide bonds. The average Bonchev–Trinajstić information content (AvgIpc) is 3.15. The number of hydrogen-bond donors (Lipinski definition) is 0. The van der Waals surface area contributed by atoms with Gasteiger partial charge in [-0.15, -0.1) is 0 Å². The lowest BCUT2D eigenvalue weighted by molar-refractivity contribution is 0.444. The zero-order chi connectivity index (χ0) is 36.6. The summed E-state index contributed by atoms with van der Waals surface area (Å²) < 4.78 is 115. The van der Waals surface area contributed by atoms with Crippen molar-refractivity contribution >= 4 is 21.5 Å². The molecule has 0 nitrogen and oxygen atoms in total. The summed E-state index contributed by atoms with van der Waals surface area (Å²) in [5, 5.41) is -0.534. The standard InChI is InChI=1S/C38H32/c1-4-14-27(15-5-1)30-24-31(28-16-6-2-7-17-28)26-32(25-30)38-35-22-12-10-20-33(35)37(29-18-8-3-9-19-29)34-21-11-13-23-36(34)38/h1,3-5,8-15,18-26,28H,2,6-7,16-17H2/i3D,8D,9D,10D,11D,12D,13D,18D,19D,20D,21D,22D,23D. The molecule has 0 saturated heterocycles. The molecule has 0 N–H and O–H groups in total. The molecule has 0 heteroatoms. The van der Waals surface area contributed by atoms with Gasteiger partial charge in [-0.3, -0.25) is 0 Å². The smallest absolute Gasteiger partial charge is 0.0622 e. The first-order chi connectivity index (χ1) is 24.3. The summed E-state index contributed by atoms with van der Waals surface area (Å²) in [6.07, 6.45) is 5.13. The van der Waals surface area contributed by atoms with Crippen molar-refractivity contribution < 1.29 is 17.8 Å². The van der Waals surface area contributed by atoms with E-state index in [0.717, 1.165) is 48.8 Å². The molecule has 0 heterocycles. The third kappa shape index (κ3) is 4.11. The summed E-state index contributed by atoms with van der Waals surface area (Å²) in [6.45, 7) is 0. The fourth-order valence-electron chi connectivity index (χ4n) is 5.80. The molecule has 7 rings (SSSR count). The molecule has 0 radical (unpaired) electrons. The lowest BCUT2D eigenvalue weighted by Gasteiger charge is -2.24. The van der Waals surface area contributed by atoms with Crippen LogP contribution in [0.3, 0.4) is 0 Å². The fraction of sp³-hybridized carbons (Fsp3) is 0.158. The average molecular weight is 502 g/mol. The molecule has 6 aromatic carbocycles. The van der Waals surface area contributed by atoms with Crippen molar-refractivity contribution in [3.8, 4) is 33.4 Å². The van der Waals surface area contributed by atoms with E-state index in [1.165, 1.54) is 0 Å². The van der Waals surface area contributed by atoms with Gasteiger partial charge in [-0.2, -0.15) is 0 Å². The summed E-state index contributed by atoms with van der Waals surface area (Å²) in [4.78, 5) is 0. The van der Waals surface area contributed by atoms with E-state index in [4.69, 9.17) is 12.3 Å². The van der Waals surface area contributed by atoms with E-state index in [2.05, 4.69) is 6.07 Å². The summed E-state index contributed by atoms with van der Waals surface area (Å²) in [5.74, 6) is 0.201. The Morgan fingerprint density at radius 2 is 1.00 bits per heavy atom. The molecule has 0 bridgehead atoms. The number of hydrogen-bond acceptors (Lipinski definition) is 0. The first-order valence-corrected chi connectivity index (χ1v) is 13.0. The van der Waals surface area contributed by atoms with Crippen molar-refractivity contribution in [2.75, 3.05) is 0 Å². The monoisotopic (exact) mass is 501 g/mol. The van der Waals surface area contributed by atoms with Gasteiger partial charge in [0.2, 0.25) is 0 Å². The van der Waals surface area contributed by atoms with Gasteiger partial charge in [-0.05, 0) is 85.3 Å². The van der Waals surface area contributed by atoms with Gasteiger partial charge in [0.15, 0.2) is 0 Å². The molecule has 38 heavy (non-hydrogen) atoms. The van der Waals surface area contributed by atoms with Crippen LogP contribution in [0.15, 0.2) is 127 Å². The minimum absolute atomic E-state index is 0.0693. The topological polar surface area (TPSA) is 0 Å². The van der Waals surface area contributed by atoms with Gasteiger partial charge in [0.25, 0.3) is 0 Å². The highest BCUT2D eigenvalue weighted by Crippen LogP contribution is 2.45. The van der Waals surface area contributed by atoms with E-state index in [1.54, 1.807) is 0 Å². The Morgan fingerprint density at radius 1 is 0.474 bits per heavy atom. The van der Waals surface area contributed by atoms with Crippen molar-refractivity contribution in [2.45, 2.75) is 38.0 Å². The van der Waals surface area contributed by atoms with Crippen molar-refractivity contribution in [3.05, 3.63) is 133 Å². The fourth-order valence-corrected chi connectivity index (χ4v) is 5.80. The Bertz CT molecular complexity index is 2320. The van der Waals surface area contributed by atoms with Gasteiger partial charge in [-0.1, -0.05) is 140 Å². The minimum atomic E-state index is -0.689. The van der Waals surface area contributed by atoms with Crippen LogP contribution in [0.4, 0.5) is 0 Å². The molecular formula is C38H32. The van der Waals surface area contributed by atoms with E-state index in [0.29, 0.717) is 5.56 Å². The van der Waals surface area contributed by atoms with Crippen LogP contribution in [0.25, 0.3) is 54.9 Å². The predicted molar refractivity (Wildman–Crippen MR) is 164 cm³/mol. The molecular weight excluding hydrogens is 456 g/mol. The van der Waals surface area contributed by atoms with Crippen LogP contribution < -0.4 is 0 Å². The molecule has 184 valence electrons. The zero-order valence-electron chi connectivity index (χ0n) is 33.7. The van der Waals surface area contributed by atoms with Gasteiger partial charge in [-0.25, -0.2) is 0 Å². The first kappa shape index (κ1) is 13.1. The lowest BCUT2D eigenvalue weighted by atomic mass is 9.80. The van der Waals surface area contributed by atoms with E-state index in [9.17, 15) is 5.48 Å². The molecule has 0 spiro atoms. The first-order valence-electron chi connectivity index (χ1n) is 19.5. The van der Waals surface area contributed by atoms with E-state index in [1.807, 2.05) is 42.5 Å². The predicted octanol–water partition coefficient (Wildman–Crippen LogP) is 11.0. The van der Waals surface area contributed by atoms with Crippen LogP contribution in [0.1, 0.15) is 61.4 Å². The van der Waals surface area contributed by atoms with Gasteiger partial charge in [0.05, 0.1) is 17.8 Å². The van der Waals surface area contributed by atoms with E-state index >= 15 is 0 Å². The van der Waals surface area contributed by atoms with Crippen LogP contribution >= 0.6 is 0 Å². The second kappa shape index (κ2) is 9.95. The molecule has 1 fully saturated rings. The summed E-state index contributed by atoms with van der Waals surface area (Å²) >= 11 is 0. The third-order valence-electron chi connectivity index (χ3n) is 7.55. The van der Waals surface area contributed by atoms with E-state index in [-0.39, 0.29) is 38.6 Å². The molecule has 0 aliphatic heterocycles. The van der Waals surface area contributed by atoms with Crippen LogP contribution in [0.2, 0.25) is 0 Å². The Balaban J connectivity index is 1.79. The quantitative estimate of drug-likeness (QED) is 0.211. The molecule has 1 saturated carbocycles. The maximum absolute atomic E-state index is 9.28. The highest BCUT2D eigenvalue weighted by atomic mass is 14.2. The molecule has 0 aromatic heterocycles. The third-order valence-corrected chi connectivity index (χ3v) is 7.55. The van der Waals surface area contributed by atoms with Crippen LogP contribution in [-0.2, 0) is 0 Å². The Kier molecular flexibility index (Phi) is 3.42. The van der Waals surface area contributed by atoms with Gasteiger partial charge in [0.1, 0.15) is 0 Å². The lowest BCUT2D eigenvalue weighted by Crippen LogP contribution is -2.05. The number of fused-ring (bicyclic) bond motifs is 2.